The average Bonchev–Trinajstić information content (AvgIpc) is 3.43. The van der Waals surface area contributed by atoms with Gasteiger partial charge in [0.25, 0.3) is 0 Å². The fraction of sp³-hybridized carbons (Fsp3) is 0.458. The smallest absolute Gasteiger partial charge is 0.388 e. The number of carbonyl (C=O) groups is 1. The number of anilines is 1. The summed E-state index contributed by atoms with van der Waals surface area (Å²) in [5.41, 5.74) is 0.468. The number of ether oxygens (including phenoxy) is 1. The molecule has 36 heavy (non-hydrogen) atoms. The number of aliphatic hydroxyl groups is 1. The second-order valence-corrected chi connectivity index (χ2v) is 9.53. The number of rotatable bonds is 4. The highest BCUT2D eigenvalue weighted by Gasteiger charge is 2.41. The summed E-state index contributed by atoms with van der Waals surface area (Å²) < 4.78 is 47.5. The Balaban J connectivity index is 1.74. The van der Waals surface area contributed by atoms with Crippen LogP contribution in [0.25, 0.3) is 16.9 Å². The average molecular weight is 524 g/mol. The van der Waals surface area contributed by atoms with Crippen LogP contribution >= 0.6 is 11.6 Å². The van der Waals surface area contributed by atoms with E-state index in [0.29, 0.717) is 42.0 Å². The van der Waals surface area contributed by atoms with Gasteiger partial charge in [-0.1, -0.05) is 17.7 Å². The van der Waals surface area contributed by atoms with Crippen molar-refractivity contribution in [3.63, 3.8) is 0 Å². The third-order valence-corrected chi connectivity index (χ3v) is 7.07. The van der Waals surface area contributed by atoms with Gasteiger partial charge < -0.3 is 15.2 Å². The summed E-state index contributed by atoms with van der Waals surface area (Å²) in [6.07, 6.45) is -4.47. The number of piperidine rings is 1. The third-order valence-electron chi connectivity index (χ3n) is 6.67. The van der Waals surface area contributed by atoms with E-state index in [1.54, 1.807) is 19.1 Å². The van der Waals surface area contributed by atoms with Crippen molar-refractivity contribution < 1.29 is 27.8 Å². The van der Waals surface area contributed by atoms with Gasteiger partial charge in [-0.2, -0.15) is 13.2 Å². The first-order valence-corrected chi connectivity index (χ1v) is 12.1. The molecule has 12 heteroatoms. The first kappa shape index (κ1) is 24.9. The number of hydrogen-bond acceptors (Lipinski definition) is 6. The quantitative estimate of drug-likeness (QED) is 0.544. The van der Waals surface area contributed by atoms with E-state index in [1.807, 2.05) is 0 Å². The summed E-state index contributed by atoms with van der Waals surface area (Å²) in [6.45, 7) is 3.21. The Morgan fingerprint density at radius 3 is 2.64 bits per heavy atom. The molecule has 2 aliphatic heterocycles. The van der Waals surface area contributed by atoms with Gasteiger partial charge in [0.1, 0.15) is 17.6 Å². The van der Waals surface area contributed by atoms with Crippen LogP contribution in [0.3, 0.4) is 0 Å². The first-order valence-electron chi connectivity index (χ1n) is 11.7. The van der Waals surface area contributed by atoms with Gasteiger partial charge in [0.2, 0.25) is 11.9 Å². The topological polar surface area (TPSA) is 92.5 Å². The first-order chi connectivity index (χ1) is 17.1. The van der Waals surface area contributed by atoms with E-state index in [0.717, 1.165) is 11.6 Å². The molecule has 0 radical (unpaired) electrons. The normalized spacial score (nSPS) is 21.3. The minimum absolute atomic E-state index is 0.0354. The fourth-order valence-corrected chi connectivity index (χ4v) is 4.90. The number of amides is 1. The van der Waals surface area contributed by atoms with Crippen molar-refractivity contribution >= 4 is 34.5 Å². The maximum Gasteiger partial charge on any atom is 0.433 e. The molecule has 0 saturated carbocycles. The number of hydrogen-bond donors (Lipinski definition) is 2. The monoisotopic (exact) mass is 523 g/mol. The van der Waals surface area contributed by atoms with Gasteiger partial charge in [0, 0.05) is 10.9 Å². The summed E-state index contributed by atoms with van der Waals surface area (Å²) in [4.78, 5) is 23.8. The van der Waals surface area contributed by atoms with Gasteiger partial charge in [-0.05, 0) is 62.7 Å². The molecule has 192 valence electrons. The van der Waals surface area contributed by atoms with Crippen LogP contribution in [0.5, 0.6) is 0 Å². The van der Waals surface area contributed by atoms with Crippen molar-refractivity contribution in [1.29, 1.82) is 0 Å². The lowest BCUT2D eigenvalue weighted by Crippen LogP contribution is -2.51. The summed E-state index contributed by atoms with van der Waals surface area (Å²) in [5.74, 6) is -0.611. The Labute approximate surface area is 210 Å². The van der Waals surface area contributed by atoms with Crippen LogP contribution in [0.15, 0.2) is 30.3 Å². The van der Waals surface area contributed by atoms with Gasteiger partial charge in [-0.25, -0.2) is 9.97 Å². The zero-order valence-electron chi connectivity index (χ0n) is 19.4. The van der Waals surface area contributed by atoms with Crippen LogP contribution in [0.1, 0.15) is 24.1 Å². The number of aryl methyl sites for hydroxylation is 1. The highest BCUT2D eigenvalue weighted by molar-refractivity contribution is 6.32. The maximum absolute atomic E-state index is 13.9. The second-order valence-electron chi connectivity index (χ2n) is 9.12. The van der Waals surface area contributed by atoms with Crippen molar-refractivity contribution in [2.45, 2.75) is 38.1 Å². The zero-order chi connectivity index (χ0) is 25.6. The third kappa shape index (κ3) is 4.56. The summed E-state index contributed by atoms with van der Waals surface area (Å²) in [7, 11) is 0. The molecule has 1 amide bonds. The predicted molar refractivity (Wildman–Crippen MR) is 127 cm³/mol. The van der Waals surface area contributed by atoms with Crippen molar-refractivity contribution in [3.8, 4) is 5.82 Å². The van der Waals surface area contributed by atoms with E-state index < -0.39 is 24.0 Å². The van der Waals surface area contributed by atoms with Gasteiger partial charge in [0.05, 0.1) is 30.3 Å². The predicted octanol–water partition coefficient (Wildman–Crippen LogP) is 3.49. The fourth-order valence-electron chi connectivity index (χ4n) is 4.74. The second kappa shape index (κ2) is 9.62. The number of alkyl halides is 3. The molecule has 2 aliphatic rings. The SMILES string of the molecule is Cc1cc2nc(N(C(=O)C3CCNCC3)[C@H]3COC[C@@H]3O)n(-c3cccc(C(F)(F)F)n3)c2cc1Cl. The van der Waals surface area contributed by atoms with E-state index >= 15 is 0 Å². The molecule has 0 unspecified atom stereocenters. The van der Waals surface area contributed by atoms with E-state index in [4.69, 9.17) is 16.3 Å². The van der Waals surface area contributed by atoms with Crippen molar-refractivity contribution in [2.24, 2.45) is 5.92 Å². The number of fused-ring (bicyclic) bond motifs is 1. The Morgan fingerprint density at radius 2 is 1.97 bits per heavy atom. The molecule has 2 aromatic heterocycles. The largest absolute Gasteiger partial charge is 0.433 e. The number of nitrogens with one attached hydrogen (secondary N) is 1. The van der Waals surface area contributed by atoms with Crippen molar-refractivity contribution in [3.05, 3.63) is 46.6 Å². The van der Waals surface area contributed by atoms with Crippen LogP contribution in [-0.2, 0) is 15.7 Å². The van der Waals surface area contributed by atoms with E-state index in [1.165, 1.54) is 21.6 Å². The van der Waals surface area contributed by atoms with Crippen LogP contribution in [0.4, 0.5) is 19.1 Å². The molecule has 1 aromatic carbocycles. The van der Waals surface area contributed by atoms with Crippen molar-refractivity contribution in [2.75, 3.05) is 31.2 Å². The summed E-state index contributed by atoms with van der Waals surface area (Å²) >= 11 is 6.39. The molecule has 8 nitrogen and oxygen atoms in total. The molecule has 2 saturated heterocycles. The molecule has 3 aromatic rings. The lowest BCUT2D eigenvalue weighted by Gasteiger charge is -2.33. The lowest BCUT2D eigenvalue weighted by molar-refractivity contribution is -0.141. The Hall–Kier alpha value is -2.73. The standard InChI is InChI=1S/C24H25ClF3N5O3/c1-13-9-16-17(10-15(13)25)32(21-4-2-3-20(31-21)24(26,27)28)23(30-16)33(18-11-36-12-19(18)34)22(35)14-5-7-29-8-6-14/h2-4,9-10,14,18-19,29,34H,5-8,11-12H2,1H3/t18-,19-/m0/s1. The van der Waals surface area contributed by atoms with Crippen molar-refractivity contribution in [1.82, 2.24) is 19.9 Å². The molecule has 0 spiro atoms. The maximum atomic E-state index is 13.9. The molecular weight excluding hydrogens is 499 g/mol. The van der Waals surface area contributed by atoms with E-state index in [9.17, 15) is 23.1 Å². The molecule has 2 fully saturated rings. The Morgan fingerprint density at radius 1 is 1.22 bits per heavy atom. The van der Waals surface area contributed by atoms with E-state index in [-0.39, 0.29) is 36.8 Å². The molecule has 4 heterocycles. The molecule has 2 atom stereocenters. The minimum Gasteiger partial charge on any atom is -0.388 e. The van der Waals surface area contributed by atoms with Crippen LogP contribution in [0, 0.1) is 12.8 Å². The lowest BCUT2D eigenvalue weighted by atomic mass is 9.95. The highest BCUT2D eigenvalue weighted by atomic mass is 35.5. The number of benzene rings is 1. The Bertz CT molecular complexity index is 1290. The number of nitrogens with zero attached hydrogens (tertiary/aromatic N) is 4. The van der Waals surface area contributed by atoms with E-state index in [2.05, 4.69) is 15.3 Å². The van der Waals surface area contributed by atoms with Gasteiger partial charge in [-0.15, -0.1) is 0 Å². The van der Waals surface area contributed by atoms with Crippen LogP contribution in [0.2, 0.25) is 5.02 Å². The van der Waals surface area contributed by atoms with Gasteiger partial charge in [0.15, 0.2) is 0 Å². The molecule has 0 aliphatic carbocycles. The van der Waals surface area contributed by atoms with Gasteiger partial charge >= 0.3 is 6.18 Å². The number of imidazole rings is 1. The minimum atomic E-state index is -4.67. The van der Waals surface area contributed by atoms with Gasteiger partial charge in [-0.3, -0.25) is 14.3 Å². The number of aliphatic hydroxyl groups excluding tert-OH is 1. The number of halogens is 4. The van der Waals surface area contributed by atoms with Crippen LogP contribution < -0.4 is 10.2 Å². The summed E-state index contributed by atoms with van der Waals surface area (Å²) in [5, 5.41) is 14.3. The number of aromatic nitrogens is 3. The van der Waals surface area contributed by atoms with Crippen LogP contribution in [-0.4, -0.2) is 64.0 Å². The zero-order valence-corrected chi connectivity index (χ0v) is 20.2. The molecule has 5 rings (SSSR count). The molecular formula is C24H25ClF3N5O3. The Kier molecular flexibility index (Phi) is 6.67. The summed E-state index contributed by atoms with van der Waals surface area (Å²) in [6, 6.07) is 6.10. The number of carbonyl (C=O) groups excluding carboxylic acids is 1. The number of pyridine rings is 1. The highest BCUT2D eigenvalue weighted by Crippen LogP contribution is 2.35. The molecule has 0 bridgehead atoms. The molecule has 2 N–H and O–H groups in total.